The summed E-state index contributed by atoms with van der Waals surface area (Å²) in [5, 5.41) is 0. The topological polar surface area (TPSA) is 12.9 Å². The molecule has 1 nitrogen and oxygen atoms in total. The minimum Gasteiger partial charge on any atom is -0.259 e. The van der Waals surface area contributed by atoms with Gasteiger partial charge < -0.3 is 0 Å². The van der Waals surface area contributed by atoms with Gasteiger partial charge in [-0.3, -0.25) is 4.98 Å². The second kappa shape index (κ2) is 34.2. The van der Waals surface area contributed by atoms with Gasteiger partial charge in [-0.1, -0.05) is 20.8 Å². The molecule has 0 aliphatic carbocycles. The molecule has 0 saturated heterocycles. The summed E-state index contributed by atoms with van der Waals surface area (Å²) in [6.07, 6.45) is 1.85. The Balaban J connectivity index is 0.000000992. The molecule has 1 aromatic heterocycles. The third-order valence-corrected chi connectivity index (χ3v) is 58.0. The van der Waals surface area contributed by atoms with E-state index in [1.807, 2.05) is 92.2 Å². The van der Waals surface area contributed by atoms with Crippen LogP contribution < -0.4 is 0 Å². The van der Waals surface area contributed by atoms with Gasteiger partial charge in [0.1, 0.15) is 0 Å². The molecule has 0 N–H and O–H groups in total. The maximum atomic E-state index is 4.78. The summed E-state index contributed by atoms with van der Waals surface area (Å²) in [6, 6.07) is 2.00. The molecule has 1 rings (SSSR count). The molecule has 39 heavy (non-hydrogen) atoms. The lowest BCUT2D eigenvalue weighted by Gasteiger charge is -2.19. The zero-order valence-corrected chi connectivity index (χ0v) is 44.2. The van der Waals surface area contributed by atoms with Crippen LogP contribution in [0.4, 0.5) is 0 Å². The van der Waals surface area contributed by atoms with Crippen LogP contribution in [0.1, 0.15) is 26.5 Å². The van der Waals surface area contributed by atoms with E-state index in [9.17, 15) is 0 Å². The van der Waals surface area contributed by atoms with Crippen LogP contribution >= 0.6 is 38.5 Å². The van der Waals surface area contributed by atoms with Gasteiger partial charge in [-0.05, 0) is 44.6 Å². The smallest absolute Gasteiger partial charge is 0.0609 e. The van der Waals surface area contributed by atoms with E-state index in [1.165, 1.54) is 21.3 Å². The third kappa shape index (κ3) is 31.3. The molecule has 0 radical (unpaired) electrons. The number of nitrogens with zero attached hydrogens (tertiary/aromatic N) is 1. The van der Waals surface area contributed by atoms with E-state index in [1.54, 1.807) is 124 Å². The second-order valence-electron chi connectivity index (χ2n) is 5.41. The number of aromatic nitrogens is 1. The molecule has 0 spiro atoms. The highest BCUT2D eigenvalue weighted by Gasteiger charge is 2.19. The molecule has 0 saturated carbocycles. The zero-order chi connectivity index (χ0) is 29.0. The molecule has 0 amide bonds. The normalized spacial score (nSPS) is 8.85. The van der Waals surface area contributed by atoms with Crippen molar-refractivity contribution in [1.29, 1.82) is 0 Å². The van der Waals surface area contributed by atoms with Gasteiger partial charge in [-0.2, -0.15) is 0 Å². The van der Waals surface area contributed by atoms with Gasteiger partial charge in [0, 0.05) is 260 Å². The summed E-state index contributed by atoms with van der Waals surface area (Å²) < 4.78 is 2.34. The third-order valence-electron chi connectivity index (χ3n) is 2.22. The number of hydrogen-bond acceptors (Lipinski definition) is 3. The highest BCUT2D eigenvalue weighted by Crippen LogP contribution is 2.30. The fraction of sp³-hybridized carbons (Fsp3) is 0.444. The SMILES string of the molecule is CC(C)(C)c1nccc(I)c1Br.S=S=S=S=S=S=S=S=S=S=S=S=S=S=S=S=S=S=S=S=S=S=S=S=S=S=S. The predicted octanol–water partition coefficient (Wildman–Crippen LogP) is 3.68. The van der Waals surface area contributed by atoms with E-state index in [0.717, 1.165) is 10.2 Å². The van der Waals surface area contributed by atoms with Crippen molar-refractivity contribution in [2.24, 2.45) is 0 Å². The van der Waals surface area contributed by atoms with Crippen molar-refractivity contribution in [3.05, 3.63) is 26.0 Å². The fourth-order valence-corrected chi connectivity index (χ4v) is 65.6. The largest absolute Gasteiger partial charge is 0.259 e. The van der Waals surface area contributed by atoms with Crippen molar-refractivity contribution in [2.45, 2.75) is 26.2 Å². The van der Waals surface area contributed by atoms with E-state index in [-0.39, 0.29) is 5.41 Å². The molecule has 0 aliphatic heterocycles. The lowest BCUT2D eigenvalue weighted by Crippen LogP contribution is -2.14. The first kappa shape index (κ1) is 45.3. The Hall–Kier alpha value is 6.30. The van der Waals surface area contributed by atoms with Crippen molar-refractivity contribution >= 4 is 283 Å². The lowest BCUT2D eigenvalue weighted by molar-refractivity contribution is 0.564. The van der Waals surface area contributed by atoms with E-state index in [4.69, 9.17) is 22.4 Å². The molecule has 1 aromatic rings. The first-order valence-corrected chi connectivity index (χ1v) is 44.6. The standard InChI is InChI=1S/C9H11BrIN.S27/c1-9(2,3)8-7(10)6(11)4-5-12-8;1-3-5-7-9-11-13-15-17-19-21-23-25-27-26-24-22-20-18-16-14-12-10-8-6-4-2/h4-5H,1-3H3;. The molecule has 0 atom stereocenters. The molecular formula is C9H11BrINS27. The summed E-state index contributed by atoms with van der Waals surface area (Å²) in [6.45, 7) is 6.49. The van der Waals surface area contributed by atoms with Crippen LogP contribution in [-0.4, -0.2) is 4.98 Å². The van der Waals surface area contributed by atoms with Gasteiger partial charge in [0.15, 0.2) is 0 Å². The summed E-state index contributed by atoms with van der Waals surface area (Å²) >= 11 is 15.4. The number of rotatable bonds is 0. The Morgan fingerprint density at radius 1 is 0.564 bits per heavy atom. The quantitative estimate of drug-likeness (QED) is 0.369. The number of hydrogen-bond donors (Lipinski definition) is 0. The molecule has 30 heteroatoms. The predicted molar refractivity (Wildman–Crippen MR) is 262 cm³/mol. The van der Waals surface area contributed by atoms with Gasteiger partial charge >= 0.3 is 0 Å². The van der Waals surface area contributed by atoms with Gasteiger partial charge in [0.25, 0.3) is 0 Å². The minimum atomic E-state index is 0.111. The molecule has 0 bridgehead atoms. The molecular weight excluding hydrogens is 1190 g/mol. The van der Waals surface area contributed by atoms with Crippen LogP contribution in [0.2, 0.25) is 0 Å². The summed E-state index contributed by atoms with van der Waals surface area (Å²) in [7, 11) is 43.6. The summed E-state index contributed by atoms with van der Waals surface area (Å²) in [4.78, 5) is 4.36. The van der Waals surface area contributed by atoms with Gasteiger partial charge in [0.05, 0.1) is 10.2 Å². The van der Waals surface area contributed by atoms with E-state index < -0.39 is 0 Å². The summed E-state index contributed by atoms with van der Waals surface area (Å²) in [5.41, 5.74) is 1.23. The number of halogens is 2. The van der Waals surface area contributed by atoms with Crippen molar-refractivity contribution in [2.75, 3.05) is 0 Å². The van der Waals surface area contributed by atoms with Crippen LogP contribution in [0.15, 0.2) is 16.7 Å². The Morgan fingerprint density at radius 2 is 0.821 bits per heavy atom. The van der Waals surface area contributed by atoms with Crippen LogP contribution in [0.5, 0.6) is 0 Å². The van der Waals surface area contributed by atoms with Crippen LogP contribution in [-0.2, 0) is 250 Å². The molecule has 0 unspecified atom stereocenters. The van der Waals surface area contributed by atoms with Gasteiger partial charge in [-0.25, -0.2) is 0 Å². The average molecular weight is 1210 g/mol. The van der Waals surface area contributed by atoms with Crippen LogP contribution in [0.3, 0.4) is 0 Å². The molecule has 1 heterocycles. The maximum Gasteiger partial charge on any atom is 0.0609 e. The molecule has 228 valence electrons. The zero-order valence-electron chi connectivity index (χ0n) is 18.4. The van der Waals surface area contributed by atoms with E-state index >= 15 is 0 Å². The molecule has 0 aromatic carbocycles. The van der Waals surface area contributed by atoms with Crippen LogP contribution in [0, 0.1) is 3.57 Å². The lowest BCUT2D eigenvalue weighted by atomic mass is 9.92. The summed E-state index contributed by atoms with van der Waals surface area (Å²) in [5.74, 6) is 0. The van der Waals surface area contributed by atoms with Crippen LogP contribution in [0.25, 0.3) is 0 Å². The van der Waals surface area contributed by atoms with Gasteiger partial charge in [0.2, 0.25) is 0 Å². The fourth-order valence-electron chi connectivity index (χ4n) is 1.20. The Bertz CT molecular complexity index is 1990. The Kier molecular flexibility index (Phi) is 39.7. The maximum absolute atomic E-state index is 4.78. The monoisotopic (exact) mass is 1200 g/mol. The van der Waals surface area contributed by atoms with Crippen molar-refractivity contribution < 1.29 is 0 Å². The highest BCUT2D eigenvalue weighted by atomic mass is 127. The van der Waals surface area contributed by atoms with Crippen molar-refractivity contribution in [3.8, 4) is 0 Å². The highest BCUT2D eigenvalue weighted by molar-refractivity contribution is 14.1. The minimum absolute atomic E-state index is 0.111. The van der Waals surface area contributed by atoms with Crippen molar-refractivity contribution in [3.63, 3.8) is 0 Å². The Labute approximate surface area is 331 Å². The molecule has 0 fully saturated rings. The first-order valence-electron chi connectivity index (χ1n) is 8.07. The molecule has 0 aliphatic rings. The van der Waals surface area contributed by atoms with Crippen molar-refractivity contribution in [1.82, 2.24) is 4.98 Å². The van der Waals surface area contributed by atoms with E-state index in [2.05, 4.69) is 64.3 Å². The first-order chi connectivity index (χ1) is 18.8. The second-order valence-corrected chi connectivity index (χ2v) is 51.6. The van der Waals surface area contributed by atoms with E-state index in [0.29, 0.717) is 0 Å². The Morgan fingerprint density at radius 3 is 1.03 bits per heavy atom. The number of pyridine rings is 1. The average Bonchev–Trinajstić information content (AvgIpc) is 2.90. The van der Waals surface area contributed by atoms with Gasteiger partial charge in [-0.15, -0.1) is 0 Å².